The van der Waals surface area contributed by atoms with Crippen LogP contribution in [0.1, 0.15) is 45.7 Å². The Morgan fingerprint density at radius 1 is 1.00 bits per heavy atom. The van der Waals surface area contributed by atoms with E-state index < -0.39 is 62.5 Å². The Morgan fingerprint density at radius 3 is 2.30 bits per heavy atom. The lowest BCUT2D eigenvalue weighted by Gasteiger charge is -2.29. The quantitative estimate of drug-likeness (QED) is 0.143. The number of nitrogens with one attached hydrogen (secondary N) is 2. The summed E-state index contributed by atoms with van der Waals surface area (Å²) in [7, 11) is -4.45. The van der Waals surface area contributed by atoms with E-state index in [2.05, 4.69) is 5.09 Å². The normalized spacial score (nSPS) is 15.0. The lowest BCUT2D eigenvalue weighted by atomic mass is 10.2. The van der Waals surface area contributed by atoms with Crippen molar-refractivity contribution < 1.29 is 46.5 Å². The Labute approximate surface area is 264 Å². The van der Waals surface area contributed by atoms with E-state index in [4.69, 9.17) is 28.0 Å². The topological polar surface area (TPSA) is 173 Å². The van der Waals surface area contributed by atoms with Crippen LogP contribution in [0.15, 0.2) is 82.5 Å². The van der Waals surface area contributed by atoms with Crippen LogP contribution in [0.5, 0.6) is 5.75 Å². The second-order valence-electron chi connectivity index (χ2n) is 9.79. The molecule has 1 unspecified atom stereocenters. The molecule has 3 rings (SSSR count). The minimum atomic E-state index is -4.45. The fourth-order valence-electron chi connectivity index (χ4n) is 3.75. The van der Waals surface area contributed by atoms with Gasteiger partial charge in [-0.1, -0.05) is 62.4 Å². The SMILES string of the molecule is CCCOC(=O)[C@H](CC)NP(=O)(OC[C@@H](O[C@H](F)n1ccc(=O)[nH]c1=O)[C@H](C)OC(=O)OCc1ccccc1)Oc1ccccc1. The molecule has 46 heavy (non-hydrogen) atoms. The first-order valence-corrected chi connectivity index (χ1v) is 16.0. The molecule has 2 aromatic carbocycles. The number of esters is 1. The Morgan fingerprint density at radius 2 is 1.67 bits per heavy atom. The maximum absolute atomic E-state index is 15.3. The molecule has 0 aliphatic carbocycles. The maximum atomic E-state index is 15.3. The van der Waals surface area contributed by atoms with Crippen LogP contribution in [0.25, 0.3) is 0 Å². The average molecular weight is 666 g/mol. The van der Waals surface area contributed by atoms with Gasteiger partial charge in [0.2, 0.25) is 0 Å². The second kappa shape index (κ2) is 18.0. The molecular weight excluding hydrogens is 628 g/mol. The number of carbonyl (C=O) groups excluding carboxylic acids is 2. The maximum Gasteiger partial charge on any atom is 0.508 e. The molecule has 0 bridgehead atoms. The summed E-state index contributed by atoms with van der Waals surface area (Å²) in [6.45, 7) is 1.54. The summed E-state index contributed by atoms with van der Waals surface area (Å²) in [5.74, 6) is -0.582. The summed E-state index contributed by atoms with van der Waals surface area (Å²) in [6, 6.07) is 16.5. The van der Waals surface area contributed by atoms with Crippen LogP contribution in [0.3, 0.4) is 0 Å². The molecular formula is C30H37FN3O11P. The lowest BCUT2D eigenvalue weighted by molar-refractivity contribution is -0.176. The van der Waals surface area contributed by atoms with Crippen molar-refractivity contribution in [2.45, 2.75) is 65.0 Å². The molecule has 0 saturated carbocycles. The van der Waals surface area contributed by atoms with E-state index in [0.717, 1.165) is 12.3 Å². The number of H-pyrrole nitrogens is 1. The van der Waals surface area contributed by atoms with Crippen LogP contribution in [0.2, 0.25) is 0 Å². The minimum absolute atomic E-state index is 0.115. The van der Waals surface area contributed by atoms with Crippen LogP contribution in [0.4, 0.5) is 9.18 Å². The van der Waals surface area contributed by atoms with E-state index in [9.17, 15) is 23.7 Å². The first-order valence-electron chi connectivity index (χ1n) is 14.5. The van der Waals surface area contributed by atoms with Gasteiger partial charge in [0.15, 0.2) is 0 Å². The van der Waals surface area contributed by atoms with E-state index in [1.54, 1.807) is 55.5 Å². The number of para-hydroxylation sites is 1. The van der Waals surface area contributed by atoms with Crippen molar-refractivity contribution in [1.29, 1.82) is 0 Å². The van der Waals surface area contributed by atoms with Gasteiger partial charge in [0.1, 0.15) is 30.6 Å². The molecule has 3 aromatic rings. The zero-order valence-corrected chi connectivity index (χ0v) is 26.4. The van der Waals surface area contributed by atoms with Crippen LogP contribution in [-0.4, -0.2) is 53.1 Å². The molecule has 0 spiro atoms. The van der Waals surface area contributed by atoms with Gasteiger partial charge in [0.05, 0.1) is 13.2 Å². The standard InChI is InChI=1S/C30H37FN3O11P/c1-4-18-40-27(36)24(5-2)33-46(39,45-23-14-10-7-11-15-23)42-20-25(44-28(31)34-17-16-26(35)32-29(34)37)21(3)43-30(38)41-19-22-12-8-6-9-13-22/h6-17,21,24-25,28H,4-5,18-20H2,1-3H3,(H,33,39)(H,32,35,37)/t21-,24-,25+,28+,46?/m0/s1. The number of alkyl halides is 1. The fraction of sp³-hybridized carbons (Fsp3) is 0.400. The first-order chi connectivity index (χ1) is 22.0. The number of ether oxygens (including phenoxy) is 4. The number of hydrogen-bond donors (Lipinski definition) is 2. The summed E-state index contributed by atoms with van der Waals surface area (Å²) >= 11 is 0. The van der Waals surface area contributed by atoms with E-state index in [1.807, 2.05) is 11.9 Å². The summed E-state index contributed by atoms with van der Waals surface area (Å²) in [4.78, 5) is 50.7. The molecule has 1 aromatic heterocycles. The zero-order chi connectivity index (χ0) is 33.5. The first kappa shape index (κ1) is 36.2. The van der Waals surface area contributed by atoms with Crippen molar-refractivity contribution in [3.05, 3.63) is 99.3 Å². The van der Waals surface area contributed by atoms with Crippen LogP contribution < -0.4 is 20.9 Å². The smallest absolute Gasteiger partial charge is 0.465 e. The monoisotopic (exact) mass is 665 g/mol. The number of aromatic nitrogens is 2. The molecule has 0 saturated heterocycles. The molecule has 14 nitrogen and oxygen atoms in total. The highest BCUT2D eigenvalue weighted by molar-refractivity contribution is 7.52. The third-order valence-corrected chi connectivity index (χ3v) is 7.76. The van der Waals surface area contributed by atoms with E-state index in [0.29, 0.717) is 16.6 Å². The average Bonchev–Trinajstić information content (AvgIpc) is 3.04. The summed E-state index contributed by atoms with van der Waals surface area (Å²) in [5, 5.41) is 2.57. The molecule has 0 fully saturated rings. The molecule has 0 radical (unpaired) electrons. The van der Waals surface area contributed by atoms with Crippen molar-refractivity contribution in [2.24, 2.45) is 0 Å². The van der Waals surface area contributed by atoms with Gasteiger partial charge >= 0.3 is 25.6 Å². The Hall–Kier alpha value is -4.30. The lowest BCUT2D eigenvalue weighted by Crippen LogP contribution is -2.41. The highest BCUT2D eigenvalue weighted by Crippen LogP contribution is 2.45. The zero-order valence-electron chi connectivity index (χ0n) is 25.5. The molecule has 0 aliphatic heterocycles. The number of nitrogens with zero attached hydrogens (tertiary/aromatic N) is 1. The molecule has 2 N–H and O–H groups in total. The van der Waals surface area contributed by atoms with Gasteiger partial charge in [-0.2, -0.15) is 9.48 Å². The van der Waals surface area contributed by atoms with Gasteiger partial charge in [-0.3, -0.25) is 19.1 Å². The Kier molecular flexibility index (Phi) is 14.2. The summed E-state index contributed by atoms with van der Waals surface area (Å²) < 4.78 is 62.1. The number of aromatic amines is 1. The highest BCUT2D eigenvalue weighted by atomic mass is 31.2. The second-order valence-corrected chi connectivity index (χ2v) is 11.5. The number of benzene rings is 2. The van der Waals surface area contributed by atoms with Gasteiger partial charge in [-0.05, 0) is 37.5 Å². The van der Waals surface area contributed by atoms with Crippen molar-refractivity contribution in [2.75, 3.05) is 13.2 Å². The molecule has 0 amide bonds. The molecule has 250 valence electrons. The largest absolute Gasteiger partial charge is 0.508 e. The summed E-state index contributed by atoms with van der Waals surface area (Å²) in [5.41, 5.74) is -1.21. The number of hydrogen-bond acceptors (Lipinski definition) is 11. The predicted octanol–water partition coefficient (Wildman–Crippen LogP) is 4.61. The fourth-order valence-corrected chi connectivity index (χ4v) is 5.34. The number of rotatable bonds is 18. The third kappa shape index (κ3) is 11.6. The Balaban J connectivity index is 1.83. The van der Waals surface area contributed by atoms with E-state index >= 15 is 4.39 Å². The summed E-state index contributed by atoms with van der Waals surface area (Å²) in [6.07, 6.45) is -2.43. The minimum Gasteiger partial charge on any atom is -0.465 e. The van der Waals surface area contributed by atoms with Crippen LogP contribution >= 0.6 is 7.75 Å². The van der Waals surface area contributed by atoms with E-state index in [1.165, 1.54) is 19.1 Å². The number of carbonyl (C=O) groups is 2. The van der Waals surface area contributed by atoms with Crippen LogP contribution in [-0.2, 0) is 39.4 Å². The van der Waals surface area contributed by atoms with Gasteiger partial charge in [-0.15, -0.1) is 0 Å². The molecule has 16 heteroatoms. The van der Waals surface area contributed by atoms with Gasteiger partial charge in [-0.25, -0.2) is 18.7 Å². The van der Waals surface area contributed by atoms with E-state index in [-0.39, 0.29) is 25.4 Å². The highest BCUT2D eigenvalue weighted by Gasteiger charge is 2.37. The van der Waals surface area contributed by atoms with Gasteiger partial charge < -0.3 is 23.5 Å². The van der Waals surface area contributed by atoms with Gasteiger partial charge in [0.25, 0.3) is 12.0 Å². The van der Waals surface area contributed by atoms with Crippen molar-refractivity contribution in [3.8, 4) is 5.75 Å². The van der Waals surface area contributed by atoms with Gasteiger partial charge in [0, 0.05) is 12.3 Å². The number of halogens is 1. The van der Waals surface area contributed by atoms with Crippen molar-refractivity contribution in [1.82, 2.24) is 14.6 Å². The molecule has 1 heterocycles. The molecule has 0 aliphatic rings. The van der Waals surface area contributed by atoms with Crippen LogP contribution in [0, 0.1) is 0 Å². The van der Waals surface area contributed by atoms with Crippen molar-refractivity contribution >= 4 is 19.9 Å². The van der Waals surface area contributed by atoms with Crippen molar-refractivity contribution in [3.63, 3.8) is 0 Å². The molecule has 5 atom stereocenters. The Bertz CT molecular complexity index is 1550. The predicted molar refractivity (Wildman–Crippen MR) is 163 cm³/mol. The third-order valence-electron chi connectivity index (χ3n) is 6.19.